The number of ether oxygens (including phenoxy) is 1. The number of likely N-dealkylation sites (tertiary alicyclic amines) is 1. The van der Waals surface area contributed by atoms with Gasteiger partial charge in [0.1, 0.15) is 24.9 Å². The Morgan fingerprint density at radius 3 is 2.69 bits per heavy atom. The number of methoxy groups -OCH3 is 1. The van der Waals surface area contributed by atoms with Crippen molar-refractivity contribution in [1.82, 2.24) is 5.32 Å². The lowest BCUT2D eigenvalue weighted by Gasteiger charge is -2.30. The number of rotatable bonds is 7. The van der Waals surface area contributed by atoms with Gasteiger partial charge in [-0.1, -0.05) is 6.92 Å². The minimum Gasteiger partial charge on any atom is -0.496 e. The molecule has 2 rings (SSSR count). The number of hydroxylamine groups is 3. The normalized spacial score (nSPS) is 23.0. The summed E-state index contributed by atoms with van der Waals surface area (Å²) in [5, 5.41) is 13.3. The van der Waals surface area contributed by atoms with E-state index in [1.54, 1.807) is 0 Å². The molecule has 1 aromatic carbocycles. The van der Waals surface area contributed by atoms with Gasteiger partial charge in [0, 0.05) is 18.9 Å². The minimum absolute atomic E-state index is 0.0491. The van der Waals surface area contributed by atoms with Crippen LogP contribution in [0.25, 0.3) is 0 Å². The molecule has 0 saturated carbocycles. The van der Waals surface area contributed by atoms with E-state index in [0.29, 0.717) is 19.6 Å². The Kier molecular flexibility index (Phi) is 6.15. The number of nitrogens with one attached hydrogen (secondary N) is 1. The highest BCUT2D eigenvalue weighted by Crippen LogP contribution is 2.29. The third kappa shape index (κ3) is 3.94. The van der Waals surface area contributed by atoms with E-state index in [0.717, 1.165) is 12.8 Å². The van der Waals surface area contributed by atoms with Crippen LogP contribution >= 0.6 is 0 Å². The monoisotopic (exact) mass is 386 g/mol. The highest BCUT2D eigenvalue weighted by molar-refractivity contribution is 7.91. The lowest BCUT2D eigenvalue weighted by molar-refractivity contribution is -1.11. The molecule has 1 fully saturated rings. The molecule has 0 aliphatic carbocycles. The highest BCUT2D eigenvalue weighted by Gasteiger charge is 2.40. The van der Waals surface area contributed by atoms with Crippen molar-refractivity contribution in [3.05, 3.63) is 17.7 Å². The molecule has 0 spiro atoms. The molecule has 1 heterocycles. The maximum absolute atomic E-state index is 12.6. The van der Waals surface area contributed by atoms with Gasteiger partial charge in [-0.15, -0.1) is 0 Å². The maximum atomic E-state index is 12.6. The molecule has 4 N–H and O–H groups in total. The quantitative estimate of drug-likeness (QED) is 0.478. The standard InChI is InChI=1S/C17H27N3O5S/c1-4-20(22)8-6-7-12(20)11-19-17(21)13-9-16(26(23,24)5-2)14(18)10-15(13)25-3/h9-10,12,22H,4-8,11H2,1-3H3,(H2-,18,19,21)/p+1/t12-,20?/m1/s1. The Morgan fingerprint density at radius 2 is 2.12 bits per heavy atom. The number of carbonyl (C=O) groups excluding carboxylic acids is 1. The van der Waals surface area contributed by atoms with Crippen LogP contribution in [0, 0.1) is 0 Å². The van der Waals surface area contributed by atoms with E-state index in [9.17, 15) is 18.4 Å². The fraction of sp³-hybridized carbons (Fsp3) is 0.588. The van der Waals surface area contributed by atoms with E-state index < -0.39 is 15.7 Å². The van der Waals surface area contributed by atoms with Crippen molar-refractivity contribution >= 4 is 21.4 Å². The van der Waals surface area contributed by atoms with E-state index in [1.807, 2.05) is 6.92 Å². The zero-order valence-electron chi connectivity index (χ0n) is 15.5. The number of nitrogens with two attached hydrogens (primary N) is 1. The molecule has 1 aliphatic rings. The molecule has 8 nitrogen and oxygen atoms in total. The van der Waals surface area contributed by atoms with Crippen molar-refractivity contribution < 1.29 is 27.8 Å². The maximum Gasteiger partial charge on any atom is 0.255 e. The first-order valence-corrected chi connectivity index (χ1v) is 10.4. The average Bonchev–Trinajstić information content (AvgIpc) is 3.00. The second kappa shape index (κ2) is 7.81. The largest absolute Gasteiger partial charge is 0.496 e. The summed E-state index contributed by atoms with van der Waals surface area (Å²) >= 11 is 0. The molecule has 0 radical (unpaired) electrons. The number of benzene rings is 1. The van der Waals surface area contributed by atoms with Crippen molar-refractivity contribution in [2.24, 2.45) is 0 Å². The van der Waals surface area contributed by atoms with Crippen molar-refractivity contribution in [1.29, 1.82) is 0 Å². The molecule has 1 amide bonds. The number of sulfone groups is 1. The van der Waals surface area contributed by atoms with Gasteiger partial charge >= 0.3 is 0 Å². The summed E-state index contributed by atoms with van der Waals surface area (Å²) in [5.74, 6) is -0.362. The Labute approximate surface area is 154 Å². The summed E-state index contributed by atoms with van der Waals surface area (Å²) in [7, 11) is -2.17. The lowest BCUT2D eigenvalue weighted by atomic mass is 10.1. The van der Waals surface area contributed by atoms with Gasteiger partial charge in [-0.3, -0.25) is 4.79 Å². The number of nitrogen functional groups attached to an aromatic ring is 1. The van der Waals surface area contributed by atoms with Crippen LogP contribution < -0.4 is 15.8 Å². The Morgan fingerprint density at radius 1 is 1.42 bits per heavy atom. The molecule has 1 aliphatic heterocycles. The van der Waals surface area contributed by atoms with E-state index in [2.05, 4.69) is 5.32 Å². The predicted octanol–water partition coefficient (Wildman–Crippen LogP) is 1.19. The van der Waals surface area contributed by atoms with Crippen LogP contribution in [0.1, 0.15) is 37.0 Å². The van der Waals surface area contributed by atoms with Gasteiger partial charge in [-0.25, -0.2) is 13.6 Å². The summed E-state index contributed by atoms with van der Waals surface area (Å²) < 4.78 is 29.5. The zero-order chi connectivity index (χ0) is 19.5. The van der Waals surface area contributed by atoms with Gasteiger partial charge in [-0.05, 0) is 13.0 Å². The van der Waals surface area contributed by atoms with Gasteiger partial charge in [0.25, 0.3) is 5.91 Å². The van der Waals surface area contributed by atoms with Crippen molar-refractivity contribution in [3.8, 4) is 5.75 Å². The van der Waals surface area contributed by atoms with Crippen LogP contribution in [-0.2, 0) is 9.84 Å². The lowest BCUT2D eigenvalue weighted by Crippen LogP contribution is -2.53. The number of hydrogen-bond donors (Lipinski definition) is 3. The van der Waals surface area contributed by atoms with E-state index in [4.69, 9.17) is 10.5 Å². The van der Waals surface area contributed by atoms with Gasteiger partial charge in [0.2, 0.25) is 0 Å². The van der Waals surface area contributed by atoms with E-state index in [-0.39, 0.29) is 38.3 Å². The van der Waals surface area contributed by atoms with Gasteiger partial charge in [0.05, 0.1) is 35.6 Å². The van der Waals surface area contributed by atoms with Crippen molar-refractivity contribution in [3.63, 3.8) is 0 Å². The molecule has 1 aromatic rings. The Balaban J connectivity index is 2.26. The molecule has 2 atom stereocenters. The summed E-state index contributed by atoms with van der Waals surface area (Å²) in [6, 6.07) is 2.53. The predicted molar refractivity (Wildman–Crippen MR) is 97.9 cm³/mol. The van der Waals surface area contributed by atoms with Crippen LogP contribution in [0.4, 0.5) is 5.69 Å². The third-order valence-electron chi connectivity index (χ3n) is 5.10. The van der Waals surface area contributed by atoms with Crippen LogP contribution in [0.15, 0.2) is 17.0 Å². The van der Waals surface area contributed by atoms with Crippen molar-refractivity contribution in [2.45, 2.75) is 37.6 Å². The van der Waals surface area contributed by atoms with Crippen LogP contribution in [0.2, 0.25) is 0 Å². The van der Waals surface area contributed by atoms with Crippen LogP contribution in [0.5, 0.6) is 5.75 Å². The summed E-state index contributed by atoms with van der Waals surface area (Å²) in [6.07, 6.45) is 1.72. The Hall–Kier alpha value is -1.84. The molecule has 26 heavy (non-hydrogen) atoms. The molecule has 1 saturated heterocycles. The van der Waals surface area contributed by atoms with Crippen LogP contribution in [-0.4, -0.2) is 62.7 Å². The SMILES string of the molecule is CC[N+]1(O)CCC[C@@H]1CNC(=O)c1cc(S(=O)(=O)CC)c(N)cc1OC. The zero-order valence-corrected chi connectivity index (χ0v) is 16.3. The van der Waals surface area contributed by atoms with E-state index in [1.165, 1.54) is 26.2 Å². The van der Waals surface area contributed by atoms with Gasteiger partial charge in [0.15, 0.2) is 9.84 Å². The first-order chi connectivity index (χ1) is 12.2. The smallest absolute Gasteiger partial charge is 0.255 e. The van der Waals surface area contributed by atoms with Gasteiger partial charge < -0.3 is 15.8 Å². The third-order valence-corrected chi connectivity index (χ3v) is 6.88. The first-order valence-electron chi connectivity index (χ1n) is 8.76. The number of likely N-dealkylation sites (N-methyl/N-ethyl adjacent to an activating group) is 1. The first kappa shape index (κ1) is 20.5. The second-order valence-electron chi connectivity index (χ2n) is 6.53. The molecule has 0 aromatic heterocycles. The molecular formula is C17H28N3O5S+. The highest BCUT2D eigenvalue weighted by atomic mass is 32.2. The molecule has 146 valence electrons. The molecule has 1 unspecified atom stereocenters. The fourth-order valence-corrected chi connectivity index (χ4v) is 4.39. The number of carbonyl (C=O) groups is 1. The average molecular weight is 386 g/mol. The number of nitrogens with zero attached hydrogens (tertiary/aromatic N) is 1. The van der Waals surface area contributed by atoms with Crippen LogP contribution in [0.3, 0.4) is 0 Å². The summed E-state index contributed by atoms with van der Waals surface area (Å²) in [5.41, 5.74) is 5.99. The minimum atomic E-state index is -3.57. The number of hydrogen-bond acceptors (Lipinski definition) is 6. The van der Waals surface area contributed by atoms with E-state index >= 15 is 0 Å². The summed E-state index contributed by atoms with van der Waals surface area (Å²) in [4.78, 5) is 12.6. The topological polar surface area (TPSA) is 119 Å². The summed E-state index contributed by atoms with van der Waals surface area (Å²) in [6.45, 7) is 4.96. The van der Waals surface area contributed by atoms with Crippen molar-refractivity contribution in [2.75, 3.05) is 38.2 Å². The molecular weight excluding hydrogens is 358 g/mol. The molecule has 0 bridgehead atoms. The Bertz CT molecular complexity index is 781. The number of amides is 1. The number of anilines is 1. The second-order valence-corrected chi connectivity index (χ2v) is 8.77. The number of quaternary nitrogens is 1. The van der Waals surface area contributed by atoms with Gasteiger partial charge in [-0.2, -0.15) is 4.65 Å². The molecule has 9 heteroatoms. The fourth-order valence-electron chi connectivity index (χ4n) is 3.36.